The average molecular weight is 299 g/mol. The number of rotatable bonds is 14. The predicted octanol–water partition coefficient (Wildman–Crippen LogP) is 6.28. The van der Waals surface area contributed by atoms with Crippen molar-refractivity contribution in [2.24, 2.45) is 5.41 Å². The summed E-state index contributed by atoms with van der Waals surface area (Å²) in [5, 5.41) is 0. The fourth-order valence-corrected chi connectivity index (χ4v) is 2.85. The van der Waals surface area contributed by atoms with E-state index < -0.39 is 0 Å². The van der Waals surface area contributed by atoms with Crippen molar-refractivity contribution >= 4 is 5.97 Å². The summed E-state index contributed by atoms with van der Waals surface area (Å²) in [5.41, 5.74) is -0.270. The van der Waals surface area contributed by atoms with Gasteiger partial charge in [0.1, 0.15) is 0 Å². The Bertz CT molecular complexity index is 250. The van der Waals surface area contributed by atoms with Gasteiger partial charge < -0.3 is 4.74 Å². The van der Waals surface area contributed by atoms with Crippen molar-refractivity contribution in [1.82, 2.24) is 0 Å². The Morgan fingerprint density at radius 2 is 1.24 bits per heavy atom. The maximum Gasteiger partial charge on any atom is 0.311 e. The van der Waals surface area contributed by atoms with E-state index in [9.17, 15) is 4.79 Å². The highest BCUT2D eigenvalue weighted by Crippen LogP contribution is 2.30. The summed E-state index contributed by atoms with van der Waals surface area (Å²) in [6, 6.07) is 0. The lowest BCUT2D eigenvalue weighted by molar-refractivity contribution is -0.152. The van der Waals surface area contributed by atoms with E-state index in [0.717, 1.165) is 19.3 Å². The van der Waals surface area contributed by atoms with Gasteiger partial charge in [0.15, 0.2) is 0 Å². The van der Waals surface area contributed by atoms with Gasteiger partial charge in [0.2, 0.25) is 0 Å². The largest absolute Gasteiger partial charge is 0.469 e. The van der Waals surface area contributed by atoms with Gasteiger partial charge in [-0.2, -0.15) is 0 Å². The van der Waals surface area contributed by atoms with Crippen LogP contribution in [-0.4, -0.2) is 13.1 Å². The second kappa shape index (κ2) is 13.2. The molecule has 126 valence electrons. The molecule has 1 unspecified atom stereocenters. The molecule has 0 saturated carbocycles. The maximum absolute atomic E-state index is 11.8. The average Bonchev–Trinajstić information content (AvgIpc) is 2.51. The first-order chi connectivity index (χ1) is 10.1. The molecule has 21 heavy (non-hydrogen) atoms. The fraction of sp³-hybridized carbons (Fsp3) is 0.947. The van der Waals surface area contributed by atoms with E-state index in [1.54, 1.807) is 0 Å². The molecule has 1 atom stereocenters. The van der Waals surface area contributed by atoms with Crippen molar-refractivity contribution in [3.8, 4) is 0 Å². The molecule has 0 aromatic rings. The summed E-state index contributed by atoms with van der Waals surface area (Å²) in [5.74, 6) is -0.0444. The lowest BCUT2D eigenvalue weighted by atomic mass is 9.82. The fourth-order valence-electron chi connectivity index (χ4n) is 2.85. The van der Waals surface area contributed by atoms with Crippen LogP contribution in [0.1, 0.15) is 104 Å². The second-order valence-electron chi connectivity index (χ2n) is 6.69. The van der Waals surface area contributed by atoms with Gasteiger partial charge in [0.25, 0.3) is 0 Å². The van der Waals surface area contributed by atoms with Crippen LogP contribution in [-0.2, 0) is 9.53 Å². The Labute approximate surface area is 133 Å². The number of unbranched alkanes of at least 4 members (excludes halogenated alkanes) is 10. The number of esters is 1. The number of ether oxygens (including phenoxy) is 1. The highest BCUT2D eigenvalue weighted by molar-refractivity contribution is 5.76. The molecule has 0 N–H and O–H groups in total. The van der Waals surface area contributed by atoms with Gasteiger partial charge in [0, 0.05) is 0 Å². The van der Waals surface area contributed by atoms with Gasteiger partial charge >= 0.3 is 5.97 Å². The molecule has 0 aliphatic carbocycles. The first-order valence-electron chi connectivity index (χ1n) is 9.19. The summed E-state index contributed by atoms with van der Waals surface area (Å²) < 4.78 is 4.92. The normalized spacial score (nSPS) is 13.9. The van der Waals surface area contributed by atoms with Crippen LogP contribution in [0, 0.1) is 5.41 Å². The number of methoxy groups -OCH3 is 1. The van der Waals surface area contributed by atoms with E-state index in [2.05, 4.69) is 13.8 Å². The summed E-state index contributed by atoms with van der Waals surface area (Å²) >= 11 is 0. The molecule has 0 aliphatic heterocycles. The molecule has 0 aromatic carbocycles. The van der Waals surface area contributed by atoms with E-state index in [1.165, 1.54) is 71.3 Å². The van der Waals surface area contributed by atoms with Gasteiger partial charge in [-0.1, -0.05) is 84.5 Å². The number of hydrogen-bond donors (Lipinski definition) is 0. The first kappa shape index (κ1) is 20.5. The molecule has 0 rings (SSSR count). The van der Waals surface area contributed by atoms with Crippen LogP contribution >= 0.6 is 0 Å². The summed E-state index contributed by atoms with van der Waals surface area (Å²) in [6.07, 6.45) is 16.7. The highest BCUT2D eigenvalue weighted by Gasteiger charge is 2.31. The zero-order valence-corrected chi connectivity index (χ0v) is 15.0. The van der Waals surface area contributed by atoms with Crippen LogP contribution in [0.5, 0.6) is 0 Å². The van der Waals surface area contributed by atoms with Crippen molar-refractivity contribution in [1.29, 1.82) is 0 Å². The highest BCUT2D eigenvalue weighted by atomic mass is 16.5. The third kappa shape index (κ3) is 9.92. The van der Waals surface area contributed by atoms with Crippen LogP contribution in [0.4, 0.5) is 0 Å². The molecule has 2 heteroatoms. The van der Waals surface area contributed by atoms with Gasteiger partial charge in [0.05, 0.1) is 12.5 Å². The van der Waals surface area contributed by atoms with E-state index in [-0.39, 0.29) is 11.4 Å². The molecule has 0 aromatic heterocycles. The standard InChI is InChI=1S/C19H38O2/c1-5-7-8-9-10-11-12-13-14-15-16-17-19(3,6-2)18(20)21-4/h5-17H2,1-4H3. The molecule has 0 aliphatic rings. The van der Waals surface area contributed by atoms with Crippen molar-refractivity contribution in [2.45, 2.75) is 104 Å². The topological polar surface area (TPSA) is 26.3 Å². The van der Waals surface area contributed by atoms with E-state index in [0.29, 0.717) is 0 Å². The smallest absolute Gasteiger partial charge is 0.311 e. The van der Waals surface area contributed by atoms with Crippen molar-refractivity contribution in [2.75, 3.05) is 7.11 Å². The Hall–Kier alpha value is -0.530. The molecular formula is C19H38O2. The van der Waals surface area contributed by atoms with E-state index in [1.807, 2.05) is 6.92 Å². The van der Waals surface area contributed by atoms with Crippen LogP contribution in [0.3, 0.4) is 0 Å². The van der Waals surface area contributed by atoms with Crippen molar-refractivity contribution in [3.05, 3.63) is 0 Å². The van der Waals surface area contributed by atoms with Gasteiger partial charge in [-0.05, 0) is 19.8 Å². The van der Waals surface area contributed by atoms with Crippen LogP contribution in [0.25, 0.3) is 0 Å². The van der Waals surface area contributed by atoms with Crippen LogP contribution < -0.4 is 0 Å². The zero-order chi connectivity index (χ0) is 16.0. The molecule has 0 heterocycles. The number of carbonyl (C=O) groups excluding carboxylic acids is 1. The number of carbonyl (C=O) groups is 1. The quantitative estimate of drug-likeness (QED) is 0.279. The second-order valence-corrected chi connectivity index (χ2v) is 6.69. The minimum Gasteiger partial charge on any atom is -0.469 e. The molecule has 0 bridgehead atoms. The maximum atomic E-state index is 11.8. The third-order valence-electron chi connectivity index (χ3n) is 4.79. The van der Waals surface area contributed by atoms with Crippen molar-refractivity contribution in [3.63, 3.8) is 0 Å². The van der Waals surface area contributed by atoms with Gasteiger partial charge in [-0.25, -0.2) is 0 Å². The van der Waals surface area contributed by atoms with Crippen LogP contribution in [0.2, 0.25) is 0 Å². The molecule has 0 spiro atoms. The first-order valence-corrected chi connectivity index (χ1v) is 9.19. The van der Waals surface area contributed by atoms with Crippen LogP contribution in [0.15, 0.2) is 0 Å². The Balaban J connectivity index is 3.45. The molecule has 0 saturated heterocycles. The summed E-state index contributed by atoms with van der Waals surface area (Å²) in [7, 11) is 1.50. The Kier molecular flexibility index (Phi) is 12.8. The summed E-state index contributed by atoms with van der Waals surface area (Å²) in [6.45, 7) is 6.38. The number of hydrogen-bond acceptors (Lipinski definition) is 2. The van der Waals surface area contributed by atoms with E-state index in [4.69, 9.17) is 4.74 Å². The zero-order valence-electron chi connectivity index (χ0n) is 15.0. The SMILES string of the molecule is CCCCCCCCCCCCCC(C)(CC)C(=O)OC. The molecule has 0 radical (unpaired) electrons. The molecular weight excluding hydrogens is 260 g/mol. The lowest BCUT2D eigenvalue weighted by Gasteiger charge is -2.24. The van der Waals surface area contributed by atoms with Gasteiger partial charge in [-0.15, -0.1) is 0 Å². The minimum atomic E-state index is -0.270. The van der Waals surface area contributed by atoms with Gasteiger partial charge in [-0.3, -0.25) is 4.79 Å². The van der Waals surface area contributed by atoms with Crippen molar-refractivity contribution < 1.29 is 9.53 Å². The molecule has 0 amide bonds. The molecule has 0 fully saturated rings. The minimum absolute atomic E-state index is 0.0444. The Morgan fingerprint density at radius 3 is 1.62 bits per heavy atom. The lowest BCUT2D eigenvalue weighted by Crippen LogP contribution is -2.28. The third-order valence-corrected chi connectivity index (χ3v) is 4.79. The Morgan fingerprint density at radius 1 is 0.810 bits per heavy atom. The van der Waals surface area contributed by atoms with E-state index >= 15 is 0 Å². The monoisotopic (exact) mass is 298 g/mol. The summed E-state index contributed by atoms with van der Waals surface area (Å²) in [4.78, 5) is 11.8. The predicted molar refractivity (Wildman–Crippen MR) is 91.5 cm³/mol. The molecule has 2 nitrogen and oxygen atoms in total.